The summed E-state index contributed by atoms with van der Waals surface area (Å²) in [6.45, 7) is 11.8. The van der Waals surface area contributed by atoms with Gasteiger partial charge in [-0.2, -0.15) is 0 Å². The van der Waals surface area contributed by atoms with Gasteiger partial charge in [-0.25, -0.2) is 0 Å². The predicted octanol–water partition coefficient (Wildman–Crippen LogP) is 5.71. The summed E-state index contributed by atoms with van der Waals surface area (Å²) in [5.74, 6) is 0.485. The fraction of sp³-hybridized carbons (Fsp3) is 0.750. The quantitative estimate of drug-likeness (QED) is 0.256. The third-order valence-electron chi connectivity index (χ3n) is 9.37. The summed E-state index contributed by atoms with van der Waals surface area (Å²) in [6, 6.07) is 6.81. The molecule has 1 aromatic carbocycles. The Kier molecular flexibility index (Phi) is 10.7. The lowest BCUT2D eigenvalue weighted by Crippen LogP contribution is -2.63. The van der Waals surface area contributed by atoms with Gasteiger partial charge in [-0.15, -0.1) is 0 Å². The van der Waals surface area contributed by atoms with Crippen molar-refractivity contribution in [1.29, 1.82) is 0 Å². The van der Waals surface area contributed by atoms with E-state index in [9.17, 15) is 9.59 Å². The molecule has 212 valence electrons. The van der Waals surface area contributed by atoms with Crippen LogP contribution in [0.25, 0.3) is 0 Å². The summed E-state index contributed by atoms with van der Waals surface area (Å²) in [6.07, 6.45) is 14.9. The predicted molar refractivity (Wildman–Crippen MR) is 156 cm³/mol. The Labute approximate surface area is 231 Å². The van der Waals surface area contributed by atoms with Crippen molar-refractivity contribution in [3.8, 4) is 0 Å². The van der Waals surface area contributed by atoms with Gasteiger partial charge >= 0.3 is 0 Å². The molecule has 3 atom stereocenters. The van der Waals surface area contributed by atoms with Gasteiger partial charge in [-0.1, -0.05) is 38.0 Å². The van der Waals surface area contributed by atoms with Crippen molar-refractivity contribution in [3.05, 3.63) is 29.3 Å². The molecule has 1 aliphatic carbocycles. The minimum absolute atomic E-state index is 0.0481. The molecule has 3 unspecified atom stereocenters. The highest BCUT2D eigenvalue weighted by molar-refractivity contribution is 5.95. The summed E-state index contributed by atoms with van der Waals surface area (Å²) in [5.41, 5.74) is 3.28. The zero-order chi connectivity index (χ0) is 27.0. The van der Waals surface area contributed by atoms with Crippen LogP contribution in [-0.2, 0) is 9.59 Å². The van der Waals surface area contributed by atoms with E-state index in [0.717, 1.165) is 99.0 Å². The number of para-hydroxylation sites is 1. The number of amides is 2. The van der Waals surface area contributed by atoms with Crippen molar-refractivity contribution < 1.29 is 14.1 Å². The minimum atomic E-state index is 0.0481. The number of likely N-dealkylation sites (tertiary alicyclic amines) is 2. The lowest BCUT2D eigenvalue weighted by atomic mass is 9.95. The van der Waals surface area contributed by atoms with Crippen molar-refractivity contribution in [1.82, 2.24) is 10.2 Å². The largest absolute Gasteiger partial charge is 0.352 e. The number of piperidine rings is 2. The Morgan fingerprint density at radius 2 is 1.63 bits per heavy atom. The topological polar surface area (TPSA) is 61.4 Å². The molecule has 0 radical (unpaired) electrons. The minimum Gasteiger partial charge on any atom is -0.352 e. The van der Waals surface area contributed by atoms with E-state index < -0.39 is 0 Å². The van der Waals surface area contributed by atoms with Gasteiger partial charge in [0.05, 0.1) is 25.7 Å². The van der Waals surface area contributed by atoms with E-state index in [1.807, 2.05) is 0 Å². The van der Waals surface area contributed by atoms with E-state index in [-0.39, 0.29) is 23.9 Å². The second-order valence-corrected chi connectivity index (χ2v) is 12.4. The lowest BCUT2D eigenvalue weighted by Gasteiger charge is -2.47. The van der Waals surface area contributed by atoms with Crippen LogP contribution in [0.15, 0.2) is 18.2 Å². The first-order valence-corrected chi connectivity index (χ1v) is 15.7. The van der Waals surface area contributed by atoms with E-state index in [2.05, 4.69) is 54.5 Å². The fourth-order valence-corrected chi connectivity index (χ4v) is 6.91. The van der Waals surface area contributed by atoms with Crippen molar-refractivity contribution in [2.75, 3.05) is 38.0 Å². The van der Waals surface area contributed by atoms with Gasteiger partial charge in [-0.3, -0.25) is 14.5 Å². The summed E-state index contributed by atoms with van der Waals surface area (Å²) in [4.78, 5) is 29.0. The van der Waals surface area contributed by atoms with Gasteiger partial charge in [0, 0.05) is 18.2 Å². The normalized spacial score (nSPS) is 26.2. The molecule has 1 saturated carbocycles. The highest BCUT2D eigenvalue weighted by atomic mass is 16.2. The molecule has 4 rings (SSSR count). The molecule has 1 aromatic rings. The molecule has 38 heavy (non-hydrogen) atoms. The molecule has 2 aliphatic heterocycles. The first kappa shape index (κ1) is 29.1. The number of aryl methyl sites for hydroxylation is 2. The Hall–Kier alpha value is -1.92. The van der Waals surface area contributed by atoms with Crippen molar-refractivity contribution in [3.63, 3.8) is 0 Å². The van der Waals surface area contributed by atoms with E-state index in [0.29, 0.717) is 6.04 Å². The third kappa shape index (κ3) is 7.59. The number of quaternary nitrogens is 1. The summed E-state index contributed by atoms with van der Waals surface area (Å²) in [7, 11) is 0. The molecule has 6 nitrogen and oxygen atoms in total. The van der Waals surface area contributed by atoms with Crippen molar-refractivity contribution in [2.24, 2.45) is 0 Å². The van der Waals surface area contributed by atoms with Gasteiger partial charge in [-0.05, 0) is 102 Å². The van der Waals surface area contributed by atoms with Crippen LogP contribution in [0, 0.1) is 13.8 Å². The van der Waals surface area contributed by atoms with Crippen LogP contribution in [0.3, 0.4) is 0 Å². The number of carbonyl (C=O) groups excluding carboxylic acids is 2. The van der Waals surface area contributed by atoms with Crippen LogP contribution in [-0.4, -0.2) is 72.0 Å². The van der Waals surface area contributed by atoms with Gasteiger partial charge in [0.1, 0.15) is 0 Å². The average molecular weight is 526 g/mol. The Balaban J connectivity index is 1.33. The standard InChI is InChI=1S/C32H52N4O2/c1-4-5-22-36(24-12-8-17-29(36)32(38)34-30-25(2)14-13-15-26(30)3)23-11-6-9-20-35-21-10-7-16-28(35)31(37)33-27-18-19-27/h13-15,27-29H,4-12,16-24H2,1-3H3,(H-,33,34,37,38)/p+1. The smallest absolute Gasteiger partial charge is 0.282 e. The first-order valence-electron chi connectivity index (χ1n) is 15.7. The SMILES string of the molecule is CCCC[N+]1(CCCCCN2CCCCC2C(=O)NC2CC2)CCCCC1C(=O)Nc1c(C)cccc1C. The van der Waals surface area contributed by atoms with E-state index in [1.165, 1.54) is 38.5 Å². The van der Waals surface area contributed by atoms with Crippen LogP contribution in [0.4, 0.5) is 5.69 Å². The molecule has 2 N–H and O–H groups in total. The number of unbranched alkanes of at least 4 members (excludes halogenated alkanes) is 3. The average Bonchev–Trinajstić information content (AvgIpc) is 3.74. The summed E-state index contributed by atoms with van der Waals surface area (Å²) < 4.78 is 0.959. The van der Waals surface area contributed by atoms with E-state index >= 15 is 0 Å². The number of nitrogens with one attached hydrogen (secondary N) is 2. The van der Waals surface area contributed by atoms with Crippen LogP contribution < -0.4 is 10.6 Å². The number of anilines is 1. The Morgan fingerprint density at radius 1 is 0.895 bits per heavy atom. The maximum atomic E-state index is 13.8. The molecule has 2 heterocycles. The number of benzene rings is 1. The number of hydrogen-bond donors (Lipinski definition) is 2. The molecule has 2 saturated heterocycles. The molecule has 0 bridgehead atoms. The molecule has 3 fully saturated rings. The van der Waals surface area contributed by atoms with Crippen LogP contribution in [0.1, 0.15) is 102 Å². The Morgan fingerprint density at radius 3 is 2.37 bits per heavy atom. The summed E-state index contributed by atoms with van der Waals surface area (Å²) in [5, 5.41) is 6.60. The lowest BCUT2D eigenvalue weighted by molar-refractivity contribution is -0.947. The van der Waals surface area contributed by atoms with Gasteiger partial charge in [0.25, 0.3) is 5.91 Å². The van der Waals surface area contributed by atoms with Gasteiger partial charge < -0.3 is 15.1 Å². The van der Waals surface area contributed by atoms with E-state index in [4.69, 9.17) is 0 Å². The molecule has 6 heteroatoms. The Bertz CT molecular complexity index is 910. The maximum absolute atomic E-state index is 13.8. The maximum Gasteiger partial charge on any atom is 0.282 e. The second kappa shape index (κ2) is 13.9. The van der Waals surface area contributed by atoms with Gasteiger partial charge in [0.2, 0.25) is 5.91 Å². The molecular weight excluding hydrogens is 472 g/mol. The second-order valence-electron chi connectivity index (χ2n) is 12.4. The van der Waals surface area contributed by atoms with Crippen LogP contribution >= 0.6 is 0 Å². The molecule has 2 amide bonds. The molecular formula is C32H53N4O2+. The van der Waals surface area contributed by atoms with Gasteiger partial charge in [0.15, 0.2) is 6.04 Å². The zero-order valence-corrected chi connectivity index (χ0v) is 24.4. The fourth-order valence-electron chi connectivity index (χ4n) is 6.91. The first-order chi connectivity index (χ1) is 18.4. The zero-order valence-electron chi connectivity index (χ0n) is 24.4. The van der Waals surface area contributed by atoms with Crippen LogP contribution in [0.5, 0.6) is 0 Å². The molecule has 3 aliphatic rings. The summed E-state index contributed by atoms with van der Waals surface area (Å²) >= 11 is 0. The highest BCUT2D eigenvalue weighted by Crippen LogP contribution is 2.30. The van der Waals surface area contributed by atoms with E-state index in [1.54, 1.807) is 0 Å². The van der Waals surface area contributed by atoms with Crippen molar-refractivity contribution in [2.45, 2.75) is 122 Å². The number of carbonyl (C=O) groups is 2. The highest BCUT2D eigenvalue weighted by Gasteiger charge is 2.43. The number of hydrogen-bond acceptors (Lipinski definition) is 3. The number of nitrogens with zero attached hydrogens (tertiary/aromatic N) is 2. The molecule has 0 spiro atoms. The monoisotopic (exact) mass is 525 g/mol. The third-order valence-corrected chi connectivity index (χ3v) is 9.37. The van der Waals surface area contributed by atoms with Crippen LogP contribution in [0.2, 0.25) is 0 Å². The molecule has 0 aromatic heterocycles. The number of rotatable bonds is 13. The van der Waals surface area contributed by atoms with Crippen molar-refractivity contribution >= 4 is 17.5 Å².